The van der Waals surface area contributed by atoms with Crippen LogP contribution in [0.5, 0.6) is 0 Å². The van der Waals surface area contributed by atoms with Crippen LogP contribution in [0, 0.1) is 0 Å². The molecule has 1 atom stereocenters. The molecule has 94 valence electrons. The molecule has 1 saturated heterocycles. The molecule has 1 heterocycles. The highest BCUT2D eigenvalue weighted by Gasteiger charge is 2.31. The van der Waals surface area contributed by atoms with Crippen LogP contribution in [0.4, 0.5) is 0 Å². The predicted octanol–water partition coefficient (Wildman–Crippen LogP) is 2.90. The Morgan fingerprint density at radius 2 is 1.72 bits per heavy atom. The van der Waals surface area contributed by atoms with E-state index in [0.29, 0.717) is 5.78 Å². The van der Waals surface area contributed by atoms with Crippen LogP contribution < -0.4 is 0 Å². The van der Waals surface area contributed by atoms with Crippen molar-refractivity contribution in [1.82, 2.24) is 4.90 Å². The second-order valence-electron chi connectivity index (χ2n) is 5.25. The average molecular weight is 241 g/mol. The maximum Gasteiger partial charge on any atom is 0.173 e. The third-order valence-electron chi connectivity index (χ3n) is 4.03. The second kappa shape index (κ2) is 5.07. The highest BCUT2D eigenvalue weighted by Crippen LogP contribution is 2.30. The van der Waals surface area contributed by atoms with E-state index in [9.17, 15) is 4.79 Å². The first-order valence-electron chi connectivity index (χ1n) is 6.88. The normalized spacial score (nSPS) is 25.2. The third kappa shape index (κ3) is 2.25. The maximum atomic E-state index is 12.1. The quantitative estimate of drug-likeness (QED) is 0.793. The SMILES string of the molecule is O=C1C=C(c2ccccc2)CC1N1CCCCC1. The molecule has 0 saturated carbocycles. The van der Waals surface area contributed by atoms with E-state index in [0.717, 1.165) is 19.5 Å². The lowest BCUT2D eigenvalue weighted by molar-refractivity contribution is -0.119. The van der Waals surface area contributed by atoms with Crippen LogP contribution in [0.25, 0.3) is 5.57 Å². The van der Waals surface area contributed by atoms with Crippen LogP contribution in [-0.2, 0) is 4.79 Å². The molecule has 1 aliphatic carbocycles. The molecule has 3 rings (SSSR count). The molecular formula is C16H19NO. The molecule has 1 fully saturated rings. The molecule has 2 aliphatic rings. The van der Waals surface area contributed by atoms with Gasteiger partial charge in [-0.15, -0.1) is 0 Å². The standard InChI is InChI=1S/C16H19NO/c18-16-12-14(13-7-3-1-4-8-13)11-15(16)17-9-5-2-6-10-17/h1,3-4,7-8,12,15H,2,5-6,9-11H2. The molecule has 2 nitrogen and oxygen atoms in total. The smallest absolute Gasteiger partial charge is 0.173 e. The van der Waals surface area contributed by atoms with Gasteiger partial charge < -0.3 is 0 Å². The van der Waals surface area contributed by atoms with E-state index in [-0.39, 0.29) is 6.04 Å². The Hall–Kier alpha value is -1.41. The molecule has 0 spiro atoms. The van der Waals surface area contributed by atoms with Gasteiger partial charge in [-0.2, -0.15) is 0 Å². The summed E-state index contributed by atoms with van der Waals surface area (Å²) in [7, 11) is 0. The van der Waals surface area contributed by atoms with Gasteiger partial charge in [0.2, 0.25) is 0 Å². The van der Waals surface area contributed by atoms with Crippen LogP contribution in [0.3, 0.4) is 0 Å². The minimum atomic E-state index is 0.112. The number of ketones is 1. The zero-order valence-corrected chi connectivity index (χ0v) is 10.6. The highest BCUT2D eigenvalue weighted by atomic mass is 16.1. The van der Waals surface area contributed by atoms with Gasteiger partial charge in [-0.25, -0.2) is 0 Å². The van der Waals surface area contributed by atoms with Crippen LogP contribution in [0.2, 0.25) is 0 Å². The lowest BCUT2D eigenvalue weighted by Gasteiger charge is -2.31. The number of piperidine rings is 1. The summed E-state index contributed by atoms with van der Waals surface area (Å²) in [6, 6.07) is 10.4. The third-order valence-corrected chi connectivity index (χ3v) is 4.03. The molecule has 1 aromatic carbocycles. The van der Waals surface area contributed by atoms with Gasteiger partial charge in [0.15, 0.2) is 5.78 Å². The number of hydrogen-bond acceptors (Lipinski definition) is 2. The van der Waals surface area contributed by atoms with Crippen LogP contribution in [0.15, 0.2) is 36.4 Å². The number of likely N-dealkylation sites (tertiary alicyclic amines) is 1. The number of benzene rings is 1. The van der Waals surface area contributed by atoms with E-state index in [1.807, 2.05) is 24.3 Å². The number of rotatable bonds is 2. The lowest BCUT2D eigenvalue weighted by Crippen LogP contribution is -2.41. The van der Waals surface area contributed by atoms with E-state index in [1.54, 1.807) is 0 Å². The Morgan fingerprint density at radius 1 is 1.00 bits per heavy atom. The van der Waals surface area contributed by atoms with Gasteiger partial charge >= 0.3 is 0 Å². The first kappa shape index (κ1) is 11.7. The lowest BCUT2D eigenvalue weighted by atomic mass is 10.0. The summed E-state index contributed by atoms with van der Waals surface area (Å²) in [6.45, 7) is 2.18. The van der Waals surface area contributed by atoms with Crippen molar-refractivity contribution in [2.24, 2.45) is 0 Å². The van der Waals surface area contributed by atoms with Gasteiger partial charge in [0.25, 0.3) is 0 Å². The minimum absolute atomic E-state index is 0.112. The summed E-state index contributed by atoms with van der Waals surface area (Å²) >= 11 is 0. The molecule has 1 aromatic rings. The van der Waals surface area contributed by atoms with Crippen LogP contribution in [-0.4, -0.2) is 29.8 Å². The summed E-state index contributed by atoms with van der Waals surface area (Å²) in [6.07, 6.45) is 6.54. The molecule has 0 radical (unpaired) electrons. The Balaban J connectivity index is 1.74. The number of carbonyl (C=O) groups excluding carboxylic acids is 1. The monoisotopic (exact) mass is 241 g/mol. The van der Waals surface area contributed by atoms with E-state index >= 15 is 0 Å². The Kier molecular flexibility index (Phi) is 3.28. The average Bonchev–Trinajstić information content (AvgIpc) is 2.83. The van der Waals surface area contributed by atoms with Crippen molar-refractivity contribution in [2.45, 2.75) is 31.7 Å². The van der Waals surface area contributed by atoms with E-state index < -0.39 is 0 Å². The van der Waals surface area contributed by atoms with Crippen molar-refractivity contribution in [2.75, 3.05) is 13.1 Å². The van der Waals surface area contributed by atoms with Gasteiger partial charge in [-0.3, -0.25) is 9.69 Å². The van der Waals surface area contributed by atoms with E-state index in [1.165, 1.54) is 30.4 Å². The fourth-order valence-electron chi connectivity index (χ4n) is 3.03. The maximum absolute atomic E-state index is 12.1. The van der Waals surface area contributed by atoms with Crippen molar-refractivity contribution in [3.05, 3.63) is 42.0 Å². The summed E-state index contributed by atoms with van der Waals surface area (Å²) < 4.78 is 0. The molecule has 2 heteroatoms. The van der Waals surface area contributed by atoms with Gasteiger partial charge in [-0.05, 0) is 49.6 Å². The van der Waals surface area contributed by atoms with Crippen molar-refractivity contribution in [3.8, 4) is 0 Å². The van der Waals surface area contributed by atoms with Gasteiger partial charge in [0.1, 0.15) is 0 Å². The fourth-order valence-corrected chi connectivity index (χ4v) is 3.03. The first-order valence-corrected chi connectivity index (χ1v) is 6.88. The van der Waals surface area contributed by atoms with E-state index in [4.69, 9.17) is 0 Å². The van der Waals surface area contributed by atoms with Gasteiger partial charge in [0, 0.05) is 0 Å². The Bertz CT molecular complexity index is 457. The zero-order chi connectivity index (χ0) is 12.4. The van der Waals surface area contributed by atoms with Gasteiger partial charge in [0.05, 0.1) is 6.04 Å². The largest absolute Gasteiger partial charge is 0.293 e. The zero-order valence-electron chi connectivity index (χ0n) is 10.6. The number of hydrogen-bond donors (Lipinski definition) is 0. The molecule has 1 unspecified atom stereocenters. The number of carbonyl (C=O) groups is 1. The topological polar surface area (TPSA) is 20.3 Å². The molecule has 0 aromatic heterocycles. The highest BCUT2D eigenvalue weighted by molar-refractivity contribution is 6.05. The Morgan fingerprint density at radius 3 is 2.44 bits per heavy atom. The predicted molar refractivity (Wildman–Crippen MR) is 73.3 cm³/mol. The molecule has 1 aliphatic heterocycles. The van der Waals surface area contributed by atoms with Crippen molar-refractivity contribution in [3.63, 3.8) is 0 Å². The Labute approximate surface area is 108 Å². The molecule has 0 N–H and O–H groups in total. The summed E-state index contributed by atoms with van der Waals surface area (Å²) in [5.41, 5.74) is 2.40. The second-order valence-corrected chi connectivity index (χ2v) is 5.25. The molecular weight excluding hydrogens is 222 g/mol. The fraction of sp³-hybridized carbons (Fsp3) is 0.438. The minimum Gasteiger partial charge on any atom is -0.293 e. The number of nitrogens with zero attached hydrogens (tertiary/aromatic N) is 1. The molecule has 18 heavy (non-hydrogen) atoms. The van der Waals surface area contributed by atoms with Crippen molar-refractivity contribution < 1.29 is 4.79 Å². The summed E-state index contributed by atoms with van der Waals surface area (Å²) in [4.78, 5) is 14.5. The van der Waals surface area contributed by atoms with Crippen LogP contribution in [0.1, 0.15) is 31.2 Å². The molecule has 0 amide bonds. The summed E-state index contributed by atoms with van der Waals surface area (Å²) in [5, 5.41) is 0. The van der Waals surface area contributed by atoms with Crippen molar-refractivity contribution in [1.29, 1.82) is 0 Å². The molecule has 0 bridgehead atoms. The first-order chi connectivity index (χ1) is 8.84. The van der Waals surface area contributed by atoms with E-state index in [2.05, 4.69) is 17.0 Å². The van der Waals surface area contributed by atoms with Crippen LogP contribution >= 0.6 is 0 Å². The van der Waals surface area contributed by atoms with Crippen molar-refractivity contribution >= 4 is 11.4 Å². The van der Waals surface area contributed by atoms with Gasteiger partial charge in [-0.1, -0.05) is 36.8 Å². The summed E-state index contributed by atoms with van der Waals surface area (Å²) in [5.74, 6) is 0.302.